The van der Waals surface area contributed by atoms with E-state index in [1.54, 1.807) is 19.1 Å². The van der Waals surface area contributed by atoms with Crippen molar-refractivity contribution in [2.45, 2.75) is 6.92 Å². The molecule has 2 N–H and O–H groups in total. The number of anilines is 1. The first-order valence-corrected chi connectivity index (χ1v) is 6.78. The average Bonchev–Trinajstić information content (AvgIpc) is 2.41. The quantitative estimate of drug-likeness (QED) is 0.613. The number of para-hydroxylation sites is 1. The molecule has 110 valence electrons. The predicted octanol–water partition coefficient (Wildman–Crippen LogP) is 1.39. The lowest BCUT2D eigenvalue weighted by Gasteiger charge is -2.21. The zero-order valence-electron chi connectivity index (χ0n) is 12.1. The Morgan fingerprint density at radius 2 is 2.10 bits per heavy atom. The molecule has 1 aromatic carbocycles. The Balaban J connectivity index is 2.43. The van der Waals surface area contributed by atoms with Gasteiger partial charge in [0.2, 0.25) is 5.91 Å². The Morgan fingerprint density at radius 3 is 2.75 bits per heavy atom. The van der Waals surface area contributed by atoms with Gasteiger partial charge in [-0.3, -0.25) is 4.79 Å². The van der Waals surface area contributed by atoms with Crippen molar-refractivity contribution in [2.75, 3.05) is 39.2 Å². The highest BCUT2D eigenvalue weighted by molar-refractivity contribution is 7.80. The molecule has 5 nitrogen and oxygen atoms in total. The van der Waals surface area contributed by atoms with Crippen LogP contribution in [0.25, 0.3) is 0 Å². The van der Waals surface area contributed by atoms with E-state index in [0.717, 1.165) is 11.3 Å². The molecule has 1 aromatic rings. The smallest absolute Gasteiger partial charge is 0.239 e. The number of hydrogen-bond donors (Lipinski definition) is 2. The van der Waals surface area contributed by atoms with Crippen molar-refractivity contribution in [1.29, 1.82) is 0 Å². The first-order valence-electron chi connectivity index (χ1n) is 6.38. The maximum absolute atomic E-state index is 11.7. The molecule has 0 aliphatic rings. The van der Waals surface area contributed by atoms with Gasteiger partial charge < -0.3 is 20.3 Å². The molecule has 0 spiro atoms. The van der Waals surface area contributed by atoms with Crippen LogP contribution in [0.5, 0.6) is 0 Å². The van der Waals surface area contributed by atoms with Crippen LogP contribution in [0.4, 0.5) is 5.69 Å². The number of hydrogen-bond acceptors (Lipinski definition) is 3. The van der Waals surface area contributed by atoms with Gasteiger partial charge in [-0.15, -0.1) is 0 Å². The van der Waals surface area contributed by atoms with Gasteiger partial charge in [-0.25, -0.2) is 0 Å². The van der Waals surface area contributed by atoms with Crippen LogP contribution in [0.3, 0.4) is 0 Å². The standard InChI is InChI=1S/C14H21N3O2S/c1-11-6-4-5-7-12(11)16-14(20)17(2)10-13(18)15-8-9-19-3/h4-7H,8-10H2,1-3H3,(H,15,18)(H,16,20). The molecule has 0 saturated heterocycles. The molecule has 0 aliphatic carbocycles. The number of likely N-dealkylation sites (N-methyl/N-ethyl adjacent to an activating group) is 1. The number of aryl methyl sites for hydroxylation is 1. The fourth-order valence-electron chi connectivity index (χ4n) is 1.56. The molecule has 0 bridgehead atoms. The fraction of sp³-hybridized carbons (Fsp3) is 0.429. The van der Waals surface area contributed by atoms with E-state index in [-0.39, 0.29) is 12.5 Å². The van der Waals surface area contributed by atoms with E-state index in [2.05, 4.69) is 10.6 Å². The van der Waals surface area contributed by atoms with E-state index in [1.165, 1.54) is 0 Å². The van der Waals surface area contributed by atoms with Crippen molar-refractivity contribution in [3.05, 3.63) is 29.8 Å². The van der Waals surface area contributed by atoms with Crippen LogP contribution < -0.4 is 10.6 Å². The van der Waals surface area contributed by atoms with E-state index >= 15 is 0 Å². The molecular formula is C14H21N3O2S. The molecule has 20 heavy (non-hydrogen) atoms. The number of nitrogens with one attached hydrogen (secondary N) is 2. The van der Waals surface area contributed by atoms with Gasteiger partial charge in [0.05, 0.1) is 13.2 Å². The molecule has 1 rings (SSSR count). The average molecular weight is 295 g/mol. The van der Waals surface area contributed by atoms with Gasteiger partial charge in [0.1, 0.15) is 0 Å². The zero-order valence-corrected chi connectivity index (χ0v) is 12.9. The van der Waals surface area contributed by atoms with Gasteiger partial charge >= 0.3 is 0 Å². The van der Waals surface area contributed by atoms with Crippen molar-refractivity contribution in [2.24, 2.45) is 0 Å². The fourth-order valence-corrected chi connectivity index (χ4v) is 1.73. The Hall–Kier alpha value is -1.66. The molecule has 0 fully saturated rings. The summed E-state index contributed by atoms with van der Waals surface area (Å²) in [5.41, 5.74) is 2.05. The van der Waals surface area contributed by atoms with E-state index < -0.39 is 0 Å². The lowest BCUT2D eigenvalue weighted by molar-refractivity contribution is -0.121. The van der Waals surface area contributed by atoms with Crippen LogP contribution in [-0.4, -0.2) is 49.8 Å². The Kier molecular flexibility index (Phi) is 6.97. The number of carbonyl (C=O) groups is 1. The monoisotopic (exact) mass is 295 g/mol. The first kappa shape index (κ1) is 16.4. The van der Waals surface area contributed by atoms with Gasteiger partial charge in [-0.1, -0.05) is 18.2 Å². The van der Waals surface area contributed by atoms with Crippen molar-refractivity contribution in [3.8, 4) is 0 Å². The first-order chi connectivity index (χ1) is 9.54. The second-order valence-electron chi connectivity index (χ2n) is 4.44. The maximum Gasteiger partial charge on any atom is 0.239 e. The molecule has 1 amide bonds. The van der Waals surface area contributed by atoms with Crippen molar-refractivity contribution < 1.29 is 9.53 Å². The van der Waals surface area contributed by atoms with E-state index in [4.69, 9.17) is 17.0 Å². The van der Waals surface area contributed by atoms with Crippen LogP contribution in [0, 0.1) is 6.92 Å². The van der Waals surface area contributed by atoms with Gasteiger partial charge in [0.15, 0.2) is 5.11 Å². The molecule has 0 saturated carbocycles. The van der Waals surface area contributed by atoms with Crippen LogP contribution in [-0.2, 0) is 9.53 Å². The molecule has 6 heteroatoms. The molecule has 0 unspecified atom stereocenters. The molecular weight excluding hydrogens is 274 g/mol. The van der Waals surface area contributed by atoms with Crippen LogP contribution >= 0.6 is 12.2 Å². The van der Waals surface area contributed by atoms with Crippen molar-refractivity contribution >= 4 is 28.9 Å². The number of benzene rings is 1. The molecule has 0 aliphatic heterocycles. The highest BCUT2D eigenvalue weighted by Crippen LogP contribution is 2.13. The number of methoxy groups -OCH3 is 1. The number of rotatable bonds is 6. The zero-order chi connectivity index (χ0) is 15.0. The molecule has 0 atom stereocenters. The summed E-state index contributed by atoms with van der Waals surface area (Å²) in [6.07, 6.45) is 0. The second kappa shape index (κ2) is 8.50. The van der Waals surface area contributed by atoms with Crippen LogP contribution in [0.1, 0.15) is 5.56 Å². The summed E-state index contributed by atoms with van der Waals surface area (Å²) in [6.45, 7) is 3.21. The summed E-state index contributed by atoms with van der Waals surface area (Å²) in [4.78, 5) is 13.4. The Morgan fingerprint density at radius 1 is 1.40 bits per heavy atom. The predicted molar refractivity (Wildman–Crippen MR) is 84.9 cm³/mol. The number of amides is 1. The maximum atomic E-state index is 11.7. The highest BCUT2D eigenvalue weighted by Gasteiger charge is 2.10. The second-order valence-corrected chi connectivity index (χ2v) is 4.83. The normalized spacial score (nSPS) is 9.95. The minimum absolute atomic E-state index is 0.0847. The van der Waals surface area contributed by atoms with Crippen molar-refractivity contribution in [1.82, 2.24) is 10.2 Å². The third kappa shape index (κ3) is 5.54. The molecule has 0 radical (unpaired) electrons. The Labute approximate surface area is 125 Å². The van der Waals surface area contributed by atoms with Gasteiger partial charge in [-0.2, -0.15) is 0 Å². The van der Waals surface area contributed by atoms with E-state index in [0.29, 0.717) is 18.3 Å². The SMILES string of the molecule is COCCNC(=O)CN(C)C(=S)Nc1ccccc1C. The van der Waals surface area contributed by atoms with Gasteiger partial charge in [0.25, 0.3) is 0 Å². The lowest BCUT2D eigenvalue weighted by atomic mass is 10.2. The largest absolute Gasteiger partial charge is 0.383 e. The van der Waals surface area contributed by atoms with E-state index in [1.807, 2.05) is 31.2 Å². The summed E-state index contributed by atoms with van der Waals surface area (Å²) >= 11 is 5.28. The highest BCUT2D eigenvalue weighted by atomic mass is 32.1. The van der Waals surface area contributed by atoms with Gasteiger partial charge in [-0.05, 0) is 30.8 Å². The van der Waals surface area contributed by atoms with Crippen LogP contribution in [0.15, 0.2) is 24.3 Å². The minimum atomic E-state index is -0.0847. The third-order valence-corrected chi connectivity index (χ3v) is 3.16. The summed E-state index contributed by atoms with van der Waals surface area (Å²) < 4.78 is 4.87. The summed E-state index contributed by atoms with van der Waals surface area (Å²) in [6, 6.07) is 7.86. The lowest BCUT2D eigenvalue weighted by Crippen LogP contribution is -2.41. The minimum Gasteiger partial charge on any atom is -0.383 e. The van der Waals surface area contributed by atoms with E-state index in [9.17, 15) is 4.79 Å². The summed E-state index contributed by atoms with van der Waals surface area (Å²) in [7, 11) is 3.38. The number of nitrogens with zero attached hydrogens (tertiary/aromatic N) is 1. The topological polar surface area (TPSA) is 53.6 Å². The number of ether oxygens (including phenoxy) is 1. The van der Waals surface area contributed by atoms with Gasteiger partial charge in [0, 0.05) is 26.4 Å². The number of carbonyl (C=O) groups excluding carboxylic acids is 1. The molecule has 0 aromatic heterocycles. The summed E-state index contributed by atoms with van der Waals surface area (Å²) in [5, 5.41) is 6.40. The third-order valence-electron chi connectivity index (χ3n) is 2.74. The van der Waals surface area contributed by atoms with Crippen molar-refractivity contribution in [3.63, 3.8) is 0 Å². The number of thiocarbonyl (C=S) groups is 1. The Bertz CT molecular complexity index is 465. The van der Waals surface area contributed by atoms with Crippen LogP contribution in [0.2, 0.25) is 0 Å². The summed E-state index contributed by atoms with van der Waals surface area (Å²) in [5.74, 6) is -0.0847. The molecule has 0 heterocycles.